The highest BCUT2D eigenvalue weighted by molar-refractivity contribution is 7.47. The Bertz CT molecular complexity index is 1480. The molecule has 1 amide bonds. The maximum atomic E-state index is 13.5. The normalized spacial score (nSPS) is 14.4. The summed E-state index contributed by atoms with van der Waals surface area (Å²) >= 11 is 0. The summed E-state index contributed by atoms with van der Waals surface area (Å²) in [6.45, 7) is 6.82. The number of phosphoric ester groups is 1. The number of hydrogen-bond donors (Lipinski definition) is 2. The molecule has 0 aliphatic heterocycles. The fraction of sp³-hybridized carbons (Fsp3) is 0.733. The first-order valence-electron chi connectivity index (χ1n) is 28.4. The van der Waals surface area contributed by atoms with Crippen molar-refractivity contribution in [2.75, 3.05) is 40.9 Å². The van der Waals surface area contributed by atoms with E-state index in [-0.39, 0.29) is 31.5 Å². The molecule has 0 aromatic carbocycles. The molecule has 0 saturated carbocycles. The number of carbonyl (C=O) groups is 2. The molecule has 3 unspecified atom stereocenters. The van der Waals surface area contributed by atoms with Crippen LogP contribution in [0.5, 0.6) is 0 Å². The Labute approximate surface area is 431 Å². The average molecular weight is 1000 g/mol. The van der Waals surface area contributed by atoms with Crippen LogP contribution in [0.25, 0.3) is 0 Å². The monoisotopic (exact) mass is 1000 g/mol. The van der Waals surface area contributed by atoms with Crippen LogP contribution >= 0.6 is 7.82 Å². The van der Waals surface area contributed by atoms with E-state index < -0.39 is 20.0 Å². The maximum absolute atomic E-state index is 13.5. The van der Waals surface area contributed by atoms with E-state index in [1.165, 1.54) is 64.2 Å². The van der Waals surface area contributed by atoms with Crippen molar-refractivity contribution in [3.8, 4) is 0 Å². The molecule has 9 nitrogen and oxygen atoms in total. The predicted octanol–water partition coefficient (Wildman–Crippen LogP) is 17.0. The second kappa shape index (κ2) is 49.8. The molecule has 0 aromatic heterocycles. The fourth-order valence-corrected chi connectivity index (χ4v) is 8.39. The second-order valence-electron chi connectivity index (χ2n) is 20.1. The van der Waals surface area contributed by atoms with E-state index in [0.717, 1.165) is 135 Å². The fourth-order valence-electron chi connectivity index (χ4n) is 7.65. The number of rotatable bonds is 50. The van der Waals surface area contributed by atoms with Gasteiger partial charge in [-0.1, -0.05) is 209 Å². The summed E-state index contributed by atoms with van der Waals surface area (Å²) in [5.41, 5.74) is 0. The molecule has 0 fully saturated rings. The van der Waals surface area contributed by atoms with Crippen molar-refractivity contribution in [3.05, 3.63) is 85.1 Å². The molecule has 70 heavy (non-hydrogen) atoms. The summed E-state index contributed by atoms with van der Waals surface area (Å²) < 4.78 is 30.5. The summed E-state index contributed by atoms with van der Waals surface area (Å²) in [6.07, 6.45) is 64.3. The SMILES string of the molecule is CC/C=C\C/C=C\C/C=C\C/C=C\C/C=C\CCCCCCCC(=O)NC(COP(=O)(O)OCC[N+](C)(C)C)C(/C=C\CCCCCCCCCCCC)OC(=O)CCCCCCC/C=C\CCCC. The topological polar surface area (TPSA) is 111 Å². The number of ether oxygens (including phenoxy) is 1. The lowest BCUT2D eigenvalue weighted by atomic mass is 10.0. The summed E-state index contributed by atoms with van der Waals surface area (Å²) in [5, 5.41) is 3.03. The largest absolute Gasteiger partial charge is 0.472 e. The number of amides is 1. The predicted molar refractivity (Wildman–Crippen MR) is 300 cm³/mol. The van der Waals surface area contributed by atoms with E-state index in [1.807, 2.05) is 33.3 Å². The quantitative estimate of drug-likeness (QED) is 0.0205. The van der Waals surface area contributed by atoms with Crippen LogP contribution in [0.2, 0.25) is 0 Å². The Balaban J connectivity index is 5.33. The molecule has 0 radical (unpaired) electrons. The van der Waals surface area contributed by atoms with Crippen molar-refractivity contribution in [1.82, 2.24) is 5.32 Å². The first kappa shape index (κ1) is 67.2. The highest BCUT2D eigenvalue weighted by Crippen LogP contribution is 2.43. The standard InChI is InChI=1S/C60H107N2O7P/c1-7-10-13-16-19-22-25-27-28-29-30-31-32-33-34-35-38-40-43-46-49-52-59(63)61-57(56-68-70(65,66)67-55-54-62(4,5)6)58(51-48-45-42-39-37-26-23-20-17-14-11-8-2)69-60(64)53-50-47-44-41-36-24-21-18-15-12-9-3/h10,13,18-19,21-22,27-28,30-31,33-34,48,51,57-58H,7-9,11-12,14-17,20,23-26,29,32,35-47,49-50,52-56H2,1-6H3,(H-,61,63,65,66)/p+1/b13-10-,21-18-,22-19-,28-27-,31-30-,34-33-,51-48-. The van der Waals surface area contributed by atoms with Crippen molar-refractivity contribution in [2.45, 2.75) is 245 Å². The molecule has 0 saturated heterocycles. The van der Waals surface area contributed by atoms with Crippen molar-refractivity contribution >= 4 is 19.7 Å². The number of carbonyl (C=O) groups excluding carboxylic acids is 2. The Kier molecular flexibility index (Phi) is 47.8. The molecule has 10 heteroatoms. The molecule has 3 atom stereocenters. The van der Waals surface area contributed by atoms with E-state index in [4.69, 9.17) is 13.8 Å². The van der Waals surface area contributed by atoms with E-state index in [0.29, 0.717) is 17.4 Å². The third-order valence-electron chi connectivity index (χ3n) is 12.1. The van der Waals surface area contributed by atoms with E-state index >= 15 is 0 Å². The van der Waals surface area contributed by atoms with Gasteiger partial charge in [0.2, 0.25) is 5.91 Å². The van der Waals surface area contributed by atoms with Crippen molar-refractivity contribution < 1.29 is 37.3 Å². The Hall–Kier alpha value is -2.81. The summed E-state index contributed by atoms with van der Waals surface area (Å²) in [7, 11) is 1.47. The van der Waals surface area contributed by atoms with Crippen LogP contribution in [-0.4, -0.2) is 74.3 Å². The van der Waals surface area contributed by atoms with Crippen LogP contribution in [0.1, 0.15) is 233 Å². The number of allylic oxidation sites excluding steroid dienone is 13. The molecule has 0 spiro atoms. The number of esters is 1. The minimum absolute atomic E-state index is 0.0312. The van der Waals surface area contributed by atoms with Crippen molar-refractivity contribution in [1.29, 1.82) is 0 Å². The maximum Gasteiger partial charge on any atom is 0.472 e. The van der Waals surface area contributed by atoms with Gasteiger partial charge in [0, 0.05) is 12.8 Å². The molecule has 0 aliphatic carbocycles. The molecule has 0 rings (SSSR count). The number of likely N-dealkylation sites (N-methyl/N-ethyl adjacent to an activating group) is 1. The Morgan fingerprint density at radius 2 is 0.929 bits per heavy atom. The smallest absolute Gasteiger partial charge is 0.456 e. The lowest BCUT2D eigenvalue weighted by Gasteiger charge is -2.27. The zero-order chi connectivity index (χ0) is 51.5. The van der Waals surface area contributed by atoms with Crippen molar-refractivity contribution in [3.63, 3.8) is 0 Å². The number of nitrogens with zero attached hydrogens (tertiary/aromatic N) is 1. The summed E-state index contributed by atoms with van der Waals surface area (Å²) in [6, 6.07) is -0.864. The van der Waals surface area contributed by atoms with Gasteiger partial charge < -0.3 is 19.4 Å². The van der Waals surface area contributed by atoms with Crippen molar-refractivity contribution in [2.24, 2.45) is 0 Å². The van der Waals surface area contributed by atoms with Gasteiger partial charge in [0.25, 0.3) is 0 Å². The Morgan fingerprint density at radius 1 is 0.514 bits per heavy atom. The van der Waals surface area contributed by atoms with Gasteiger partial charge in [-0.2, -0.15) is 0 Å². The van der Waals surface area contributed by atoms with Crippen LogP contribution < -0.4 is 5.32 Å². The van der Waals surface area contributed by atoms with E-state index in [9.17, 15) is 19.0 Å². The number of unbranched alkanes of at least 4 members (excludes halogenated alkanes) is 22. The van der Waals surface area contributed by atoms with Gasteiger partial charge in [-0.15, -0.1) is 0 Å². The second-order valence-corrected chi connectivity index (χ2v) is 21.5. The van der Waals surface area contributed by atoms with Gasteiger partial charge in [-0.25, -0.2) is 4.57 Å². The third-order valence-corrected chi connectivity index (χ3v) is 13.1. The molecule has 0 bridgehead atoms. The van der Waals surface area contributed by atoms with Gasteiger partial charge >= 0.3 is 13.8 Å². The van der Waals surface area contributed by atoms with E-state index in [1.54, 1.807) is 0 Å². The number of nitrogens with one attached hydrogen (secondary N) is 1. The molecule has 0 aromatic rings. The molecule has 0 heterocycles. The van der Waals surface area contributed by atoms with Crippen LogP contribution in [0, 0.1) is 0 Å². The number of hydrogen-bond acceptors (Lipinski definition) is 6. The average Bonchev–Trinajstić information content (AvgIpc) is 3.32. The summed E-state index contributed by atoms with van der Waals surface area (Å²) in [4.78, 5) is 37.5. The zero-order valence-electron chi connectivity index (χ0n) is 46.0. The zero-order valence-corrected chi connectivity index (χ0v) is 46.9. The molecule has 404 valence electrons. The van der Waals surface area contributed by atoms with Crippen LogP contribution in [0.3, 0.4) is 0 Å². The van der Waals surface area contributed by atoms with Crippen LogP contribution in [0.4, 0.5) is 0 Å². The van der Waals surface area contributed by atoms with Crippen LogP contribution in [0.15, 0.2) is 85.1 Å². The van der Waals surface area contributed by atoms with Crippen LogP contribution in [-0.2, 0) is 27.9 Å². The lowest BCUT2D eigenvalue weighted by molar-refractivity contribution is -0.870. The van der Waals surface area contributed by atoms with Gasteiger partial charge in [0.05, 0.1) is 33.8 Å². The lowest BCUT2D eigenvalue weighted by Crippen LogP contribution is -2.47. The minimum atomic E-state index is -4.45. The van der Waals surface area contributed by atoms with Gasteiger partial charge in [-0.3, -0.25) is 18.6 Å². The third kappa shape index (κ3) is 50.1. The van der Waals surface area contributed by atoms with Gasteiger partial charge in [0.15, 0.2) is 0 Å². The highest BCUT2D eigenvalue weighted by Gasteiger charge is 2.30. The molecule has 2 N–H and O–H groups in total. The number of quaternary nitrogens is 1. The molecular formula is C60H108N2O7P+. The minimum Gasteiger partial charge on any atom is -0.456 e. The highest BCUT2D eigenvalue weighted by atomic mass is 31.2. The van der Waals surface area contributed by atoms with Gasteiger partial charge in [-0.05, 0) is 96.0 Å². The first-order chi connectivity index (χ1) is 33.9. The number of phosphoric acid groups is 1. The summed E-state index contributed by atoms with van der Waals surface area (Å²) in [5.74, 6) is -0.543. The first-order valence-corrected chi connectivity index (χ1v) is 29.9. The van der Waals surface area contributed by atoms with Gasteiger partial charge in [0.1, 0.15) is 19.3 Å². The molecule has 0 aliphatic rings. The molecular weight excluding hydrogens is 892 g/mol. The Morgan fingerprint density at radius 3 is 1.43 bits per heavy atom. The van der Waals surface area contributed by atoms with E-state index in [2.05, 4.69) is 99.0 Å².